The van der Waals surface area contributed by atoms with Crippen molar-refractivity contribution in [3.8, 4) is 0 Å². The highest BCUT2D eigenvalue weighted by Crippen LogP contribution is 2.29. The van der Waals surface area contributed by atoms with Gasteiger partial charge in [-0.15, -0.1) is 0 Å². The Bertz CT molecular complexity index is 945. The standard InChI is InChI=1S/C26H37FN6S/c1-19-12-16-32(17-13-19)23-18-24(33-15-4-3-6-20(33)2)30-25(29-23)31-26(34)28-14-5-7-21-8-10-22(27)11-9-21/h8-11,18-20H,3-7,12-17H2,1-2H3,(H2,28,29,30,31,34)/t20-/m0/s1. The van der Waals surface area contributed by atoms with E-state index in [1.165, 1.54) is 44.2 Å². The molecule has 184 valence electrons. The molecule has 34 heavy (non-hydrogen) atoms. The van der Waals surface area contributed by atoms with Gasteiger partial charge in [0.15, 0.2) is 5.11 Å². The van der Waals surface area contributed by atoms with Crippen molar-refractivity contribution >= 4 is 34.9 Å². The Balaban J connectivity index is 1.39. The number of piperidine rings is 2. The maximum absolute atomic E-state index is 13.1. The highest BCUT2D eigenvalue weighted by molar-refractivity contribution is 7.80. The van der Waals surface area contributed by atoms with E-state index in [2.05, 4.69) is 40.3 Å². The second-order valence-electron chi connectivity index (χ2n) is 9.73. The first-order valence-corrected chi connectivity index (χ1v) is 13.1. The normalized spacial score (nSPS) is 19.2. The van der Waals surface area contributed by atoms with E-state index in [-0.39, 0.29) is 5.82 Å². The molecule has 0 unspecified atom stereocenters. The highest BCUT2D eigenvalue weighted by Gasteiger charge is 2.24. The molecular formula is C26H37FN6S. The molecule has 4 rings (SSSR count). The van der Waals surface area contributed by atoms with Crippen molar-refractivity contribution in [1.82, 2.24) is 15.3 Å². The van der Waals surface area contributed by atoms with Gasteiger partial charge in [-0.05, 0) is 87.7 Å². The summed E-state index contributed by atoms with van der Waals surface area (Å²) in [5.74, 6) is 3.09. The number of rotatable bonds is 7. The quantitative estimate of drug-likeness (QED) is 0.416. The van der Waals surface area contributed by atoms with Crippen molar-refractivity contribution < 1.29 is 4.39 Å². The molecule has 2 aliphatic heterocycles. The van der Waals surface area contributed by atoms with Gasteiger partial charge in [-0.3, -0.25) is 0 Å². The lowest BCUT2D eigenvalue weighted by Gasteiger charge is -2.36. The van der Waals surface area contributed by atoms with E-state index < -0.39 is 0 Å². The minimum Gasteiger partial charge on any atom is -0.362 e. The number of hydrogen-bond acceptors (Lipinski definition) is 5. The van der Waals surface area contributed by atoms with Crippen LogP contribution in [0.2, 0.25) is 0 Å². The van der Waals surface area contributed by atoms with E-state index in [9.17, 15) is 4.39 Å². The van der Waals surface area contributed by atoms with Gasteiger partial charge in [-0.1, -0.05) is 19.1 Å². The molecule has 0 spiro atoms. The van der Waals surface area contributed by atoms with Gasteiger partial charge in [0, 0.05) is 38.3 Å². The first-order valence-electron chi connectivity index (χ1n) is 12.7. The van der Waals surface area contributed by atoms with Crippen LogP contribution in [-0.4, -0.2) is 47.3 Å². The summed E-state index contributed by atoms with van der Waals surface area (Å²) in [4.78, 5) is 14.5. The van der Waals surface area contributed by atoms with Crippen LogP contribution in [0.25, 0.3) is 0 Å². The van der Waals surface area contributed by atoms with Gasteiger partial charge in [0.1, 0.15) is 17.5 Å². The summed E-state index contributed by atoms with van der Waals surface area (Å²) in [6.07, 6.45) is 7.81. The summed E-state index contributed by atoms with van der Waals surface area (Å²) >= 11 is 5.54. The summed E-state index contributed by atoms with van der Waals surface area (Å²) in [6, 6.07) is 9.29. The molecule has 2 aromatic rings. The average molecular weight is 485 g/mol. The second-order valence-corrected chi connectivity index (χ2v) is 10.1. The summed E-state index contributed by atoms with van der Waals surface area (Å²) in [5, 5.41) is 7.02. The molecule has 1 aromatic carbocycles. The molecular weight excluding hydrogens is 447 g/mol. The van der Waals surface area contributed by atoms with Crippen LogP contribution in [0, 0.1) is 11.7 Å². The van der Waals surface area contributed by atoms with Crippen molar-refractivity contribution in [3.05, 3.63) is 41.7 Å². The molecule has 0 aliphatic carbocycles. The number of aryl methyl sites for hydroxylation is 1. The first-order chi connectivity index (χ1) is 16.5. The molecule has 0 radical (unpaired) electrons. The van der Waals surface area contributed by atoms with Crippen molar-refractivity contribution in [2.45, 2.75) is 64.8 Å². The Morgan fingerprint density at radius 1 is 1.03 bits per heavy atom. The Hall–Kier alpha value is -2.48. The molecule has 2 N–H and O–H groups in total. The van der Waals surface area contributed by atoms with Crippen LogP contribution in [0.5, 0.6) is 0 Å². The number of benzene rings is 1. The molecule has 2 saturated heterocycles. The third kappa shape index (κ3) is 6.78. The lowest BCUT2D eigenvalue weighted by molar-refractivity contribution is 0.436. The van der Waals surface area contributed by atoms with E-state index in [0.29, 0.717) is 17.1 Å². The molecule has 2 aliphatic rings. The van der Waals surface area contributed by atoms with Gasteiger partial charge in [-0.2, -0.15) is 9.97 Å². The fourth-order valence-corrected chi connectivity index (χ4v) is 4.95. The Kier molecular flexibility index (Phi) is 8.53. The SMILES string of the molecule is CC1CCN(c2cc(N3CCCC[C@@H]3C)nc(NC(=S)NCCCc3ccc(F)cc3)n2)CC1. The molecule has 1 aromatic heterocycles. The Morgan fingerprint density at radius 2 is 1.76 bits per heavy atom. The summed E-state index contributed by atoms with van der Waals surface area (Å²) in [7, 11) is 0. The highest BCUT2D eigenvalue weighted by atomic mass is 32.1. The van der Waals surface area contributed by atoms with Gasteiger partial charge < -0.3 is 20.4 Å². The zero-order valence-electron chi connectivity index (χ0n) is 20.4. The van der Waals surface area contributed by atoms with Crippen molar-refractivity contribution in [2.24, 2.45) is 5.92 Å². The van der Waals surface area contributed by atoms with Gasteiger partial charge in [0.25, 0.3) is 0 Å². The summed E-state index contributed by atoms with van der Waals surface area (Å²) in [5.41, 5.74) is 1.12. The number of thiocarbonyl (C=S) groups is 1. The van der Waals surface area contributed by atoms with Crippen LogP contribution >= 0.6 is 12.2 Å². The predicted octanol–water partition coefficient (Wildman–Crippen LogP) is 5.15. The van der Waals surface area contributed by atoms with Crippen LogP contribution in [0.1, 0.15) is 57.9 Å². The van der Waals surface area contributed by atoms with E-state index >= 15 is 0 Å². The van der Waals surface area contributed by atoms with E-state index in [1.807, 2.05) is 12.1 Å². The smallest absolute Gasteiger partial charge is 0.232 e. The molecule has 8 heteroatoms. The largest absolute Gasteiger partial charge is 0.362 e. The fraction of sp³-hybridized carbons (Fsp3) is 0.577. The number of aromatic nitrogens is 2. The van der Waals surface area contributed by atoms with Gasteiger partial charge >= 0.3 is 0 Å². The number of halogens is 1. The number of hydrogen-bond donors (Lipinski definition) is 2. The summed E-state index contributed by atoms with van der Waals surface area (Å²) < 4.78 is 13.1. The van der Waals surface area contributed by atoms with E-state index in [1.54, 1.807) is 0 Å². The molecule has 0 saturated carbocycles. The molecule has 2 fully saturated rings. The van der Waals surface area contributed by atoms with Crippen molar-refractivity contribution in [3.63, 3.8) is 0 Å². The monoisotopic (exact) mass is 484 g/mol. The lowest BCUT2D eigenvalue weighted by Crippen LogP contribution is -2.39. The molecule has 0 amide bonds. The second kappa shape index (κ2) is 11.8. The van der Waals surface area contributed by atoms with Crippen LogP contribution in [-0.2, 0) is 6.42 Å². The maximum Gasteiger partial charge on any atom is 0.232 e. The minimum absolute atomic E-state index is 0.202. The molecule has 1 atom stereocenters. The summed E-state index contributed by atoms with van der Waals surface area (Å²) in [6.45, 7) is 8.41. The maximum atomic E-state index is 13.1. The minimum atomic E-state index is -0.202. The molecule has 6 nitrogen and oxygen atoms in total. The van der Waals surface area contributed by atoms with E-state index in [0.717, 1.165) is 62.1 Å². The van der Waals surface area contributed by atoms with Crippen LogP contribution in [0.4, 0.5) is 22.0 Å². The zero-order chi connectivity index (χ0) is 23.9. The number of anilines is 3. The lowest BCUT2D eigenvalue weighted by atomic mass is 9.99. The van der Waals surface area contributed by atoms with Gasteiger partial charge in [0.2, 0.25) is 5.95 Å². The first kappa shape index (κ1) is 24.6. The predicted molar refractivity (Wildman–Crippen MR) is 142 cm³/mol. The number of nitrogens with zero attached hydrogens (tertiary/aromatic N) is 4. The zero-order valence-corrected chi connectivity index (χ0v) is 21.2. The molecule has 3 heterocycles. The van der Waals surface area contributed by atoms with Crippen LogP contribution in [0.15, 0.2) is 30.3 Å². The molecule has 0 bridgehead atoms. The third-order valence-electron chi connectivity index (χ3n) is 6.97. The van der Waals surface area contributed by atoms with E-state index in [4.69, 9.17) is 22.2 Å². The van der Waals surface area contributed by atoms with Crippen LogP contribution < -0.4 is 20.4 Å². The third-order valence-corrected chi connectivity index (χ3v) is 7.22. The van der Waals surface area contributed by atoms with Crippen molar-refractivity contribution in [2.75, 3.05) is 41.3 Å². The average Bonchev–Trinajstić information content (AvgIpc) is 2.83. The van der Waals surface area contributed by atoms with Crippen molar-refractivity contribution in [1.29, 1.82) is 0 Å². The number of nitrogens with one attached hydrogen (secondary N) is 2. The fourth-order valence-electron chi connectivity index (χ4n) is 4.75. The van der Waals surface area contributed by atoms with Crippen LogP contribution in [0.3, 0.4) is 0 Å². The topological polar surface area (TPSA) is 56.3 Å². The Morgan fingerprint density at radius 3 is 2.50 bits per heavy atom. The Labute approximate surface area is 208 Å². The van der Waals surface area contributed by atoms with Gasteiger partial charge in [0.05, 0.1) is 0 Å². The van der Waals surface area contributed by atoms with Gasteiger partial charge in [-0.25, -0.2) is 4.39 Å².